The van der Waals surface area contributed by atoms with Gasteiger partial charge in [0.2, 0.25) is 0 Å². The standard InChI is InChI=1S/C19H18O4.2C16H20O4.C11H14O.2C6H12O2.C6H12O/c1-2-12-22-19(21)18(13-15-8-4-3-5-9-15)23-17-11-7-6-10-16(17)14-20;1-4-9-19-16(18)15(10-12(2)3)20-14-8-6-5-7-13(14)11-17;1-4-8-19-16(18)15(9-12(2)3)20-14-7-5-6-13(10-14)11-17;1-2-3-5-10-6-4-7-11(8-10)9-12;1-2-5-8-6-3-4-7;1-2-3-5-8-6-4-7;1-3-4-6(2)5-7/h2-11,14,18H,1,12-13H2;4-8,11-12,15H,1,9-10H2,2-3H3;4-7,10-12,15H,1,8-9H2,2-3H3;4,6-9H,2-3,5H2,1H3;2*4H,2-3,5-6H2,1H3;5-6H,3-4H2,1-2H3/t18-;2*15-;;;;/m000..../s1. The molecule has 4 atom stereocenters. The summed E-state index contributed by atoms with van der Waals surface area (Å²) in [5.74, 6) is 0.692. The average molecular weight is 1360 g/mol. The fraction of sp³-hybridized carbons (Fsp3) is 0.425. The van der Waals surface area contributed by atoms with Crippen LogP contribution < -0.4 is 14.2 Å². The Morgan fingerprint density at radius 1 is 0.439 bits per heavy atom. The molecule has 0 heterocycles. The Bertz CT molecular complexity index is 2960. The maximum Gasteiger partial charge on any atom is 0.347 e. The highest BCUT2D eigenvalue weighted by atomic mass is 16.6. The lowest BCUT2D eigenvalue weighted by atomic mass is 10.1. The van der Waals surface area contributed by atoms with Crippen molar-refractivity contribution in [1.29, 1.82) is 0 Å². The molecule has 0 saturated carbocycles. The van der Waals surface area contributed by atoms with E-state index in [1.165, 1.54) is 36.6 Å². The van der Waals surface area contributed by atoms with Crippen LogP contribution in [0.4, 0.5) is 0 Å². The lowest BCUT2D eigenvalue weighted by molar-refractivity contribution is -0.152. The van der Waals surface area contributed by atoms with E-state index in [0.29, 0.717) is 78.8 Å². The maximum absolute atomic E-state index is 12.2. The number of rotatable bonds is 41. The Balaban J connectivity index is 0. The highest BCUT2D eigenvalue weighted by Crippen LogP contribution is 2.23. The molecule has 5 aromatic carbocycles. The third kappa shape index (κ3) is 47.6. The maximum atomic E-state index is 12.2. The number of hydrogen-bond donors (Lipinski definition) is 0. The third-order valence-corrected chi connectivity index (χ3v) is 12.8. The first-order valence-corrected chi connectivity index (χ1v) is 33.4. The van der Waals surface area contributed by atoms with Gasteiger partial charge >= 0.3 is 17.9 Å². The predicted octanol–water partition coefficient (Wildman–Crippen LogP) is 15.7. The molecule has 0 spiro atoms. The first-order valence-electron chi connectivity index (χ1n) is 33.4. The van der Waals surface area contributed by atoms with Gasteiger partial charge in [-0.1, -0.05) is 204 Å². The largest absolute Gasteiger partial charge is 0.479 e. The van der Waals surface area contributed by atoms with Gasteiger partial charge in [0.05, 0.1) is 17.7 Å². The van der Waals surface area contributed by atoms with Crippen molar-refractivity contribution in [2.75, 3.05) is 46.2 Å². The van der Waals surface area contributed by atoms with Crippen LogP contribution in [0.2, 0.25) is 0 Å². The van der Waals surface area contributed by atoms with E-state index in [-0.39, 0.29) is 44.2 Å². The Kier molecular flexibility index (Phi) is 57.9. The lowest BCUT2D eigenvalue weighted by Crippen LogP contribution is -2.32. The Hall–Kier alpha value is -9.26. The van der Waals surface area contributed by atoms with Crippen molar-refractivity contribution in [1.82, 2.24) is 0 Å². The third-order valence-electron chi connectivity index (χ3n) is 12.8. The van der Waals surface area contributed by atoms with Crippen molar-refractivity contribution in [2.24, 2.45) is 17.8 Å². The number of hydrogen-bond acceptors (Lipinski definition) is 18. The molecular formula is C80H108O18. The summed E-state index contributed by atoms with van der Waals surface area (Å²) in [6.45, 7) is 31.6. The van der Waals surface area contributed by atoms with Crippen LogP contribution in [0.25, 0.3) is 0 Å². The van der Waals surface area contributed by atoms with Crippen LogP contribution in [0.5, 0.6) is 17.2 Å². The molecule has 0 aromatic heterocycles. The van der Waals surface area contributed by atoms with Gasteiger partial charge in [-0.25, -0.2) is 14.4 Å². The number of aryl methyl sites for hydroxylation is 1. The highest BCUT2D eigenvalue weighted by Gasteiger charge is 2.26. The summed E-state index contributed by atoms with van der Waals surface area (Å²) in [5.41, 5.74) is 4.30. The molecule has 0 aliphatic heterocycles. The van der Waals surface area contributed by atoms with Gasteiger partial charge in [0, 0.05) is 43.1 Å². The average Bonchev–Trinajstić information content (AvgIpc) is 0.938. The van der Waals surface area contributed by atoms with Gasteiger partial charge in [-0.3, -0.25) is 19.2 Å². The molecule has 0 N–H and O–H groups in total. The van der Waals surface area contributed by atoms with Crippen molar-refractivity contribution in [3.05, 3.63) is 199 Å². The Labute approximate surface area is 582 Å². The second-order valence-electron chi connectivity index (χ2n) is 22.6. The number of esters is 3. The zero-order valence-corrected chi connectivity index (χ0v) is 59.3. The lowest BCUT2D eigenvalue weighted by Gasteiger charge is -2.20. The van der Waals surface area contributed by atoms with Crippen LogP contribution in [-0.2, 0) is 65.3 Å². The van der Waals surface area contributed by atoms with Gasteiger partial charge in [0.1, 0.15) is 75.1 Å². The molecule has 0 fully saturated rings. The molecular weight excluding hydrogens is 1250 g/mol. The summed E-state index contributed by atoms with van der Waals surface area (Å²) in [6, 6.07) is 37.6. The van der Waals surface area contributed by atoms with E-state index in [1.807, 2.05) is 90.1 Å². The zero-order chi connectivity index (χ0) is 73.4. The Morgan fingerprint density at radius 2 is 0.918 bits per heavy atom. The van der Waals surface area contributed by atoms with Crippen LogP contribution in [0, 0.1) is 17.8 Å². The molecule has 98 heavy (non-hydrogen) atoms. The SMILES string of the molecule is C=CCOC(=O)[C@H](CC(C)C)Oc1cccc(C=O)c1.C=CCOC(=O)[C@H](CC(C)C)Oc1ccccc1C=O.C=CCOC(=O)[C@H](Cc1ccccc1)Oc1ccccc1C=O.CCCC(C)C=O.CCCCOCC=O.CCCCc1cccc(C=O)c1.CCCOCCC=O. The molecule has 5 aromatic rings. The van der Waals surface area contributed by atoms with E-state index in [9.17, 15) is 47.9 Å². The van der Waals surface area contributed by atoms with E-state index in [4.69, 9.17) is 37.9 Å². The number of para-hydroxylation sites is 2. The van der Waals surface area contributed by atoms with E-state index in [0.717, 1.165) is 94.3 Å². The first kappa shape index (κ1) is 90.8. The summed E-state index contributed by atoms with van der Waals surface area (Å²) < 4.78 is 42.1. The minimum absolute atomic E-state index is 0.114. The second-order valence-corrected chi connectivity index (χ2v) is 22.6. The van der Waals surface area contributed by atoms with Gasteiger partial charge in [-0.15, -0.1) is 0 Å². The number of carbonyl (C=O) groups is 10. The number of aldehydes is 7. The number of ether oxygens (including phenoxy) is 8. The summed E-state index contributed by atoms with van der Waals surface area (Å²) in [6.07, 6.45) is 18.7. The van der Waals surface area contributed by atoms with Crippen molar-refractivity contribution in [3.63, 3.8) is 0 Å². The fourth-order valence-electron chi connectivity index (χ4n) is 7.93. The topological polar surface area (TPSA) is 245 Å². The molecule has 536 valence electrons. The van der Waals surface area contributed by atoms with Gasteiger partial charge < -0.3 is 52.3 Å². The molecule has 0 radical (unpaired) electrons. The molecule has 0 bridgehead atoms. The Morgan fingerprint density at radius 3 is 1.37 bits per heavy atom. The van der Waals surface area contributed by atoms with E-state index in [2.05, 4.69) is 46.6 Å². The molecule has 18 heteroatoms. The summed E-state index contributed by atoms with van der Waals surface area (Å²) in [5, 5.41) is 0. The van der Waals surface area contributed by atoms with Gasteiger partial charge in [-0.2, -0.15) is 0 Å². The van der Waals surface area contributed by atoms with Gasteiger partial charge in [0.15, 0.2) is 30.9 Å². The minimum atomic E-state index is -0.835. The van der Waals surface area contributed by atoms with E-state index in [1.54, 1.807) is 72.8 Å². The molecule has 0 aliphatic carbocycles. The zero-order valence-electron chi connectivity index (χ0n) is 59.3. The van der Waals surface area contributed by atoms with Crippen molar-refractivity contribution in [3.8, 4) is 17.2 Å². The van der Waals surface area contributed by atoms with Crippen molar-refractivity contribution in [2.45, 2.75) is 158 Å². The summed E-state index contributed by atoms with van der Waals surface area (Å²) in [4.78, 5) is 109. The van der Waals surface area contributed by atoms with Gasteiger partial charge in [-0.05, 0) is 110 Å². The van der Waals surface area contributed by atoms with Crippen LogP contribution in [-0.4, -0.2) is 126 Å². The second kappa shape index (κ2) is 62.5. The fourth-order valence-corrected chi connectivity index (χ4v) is 7.93. The molecule has 0 aliphatic rings. The predicted molar refractivity (Wildman–Crippen MR) is 385 cm³/mol. The van der Waals surface area contributed by atoms with Gasteiger partial charge in [0.25, 0.3) is 0 Å². The molecule has 5 rings (SSSR count). The quantitative estimate of drug-likeness (QED) is 0.0116. The first-order chi connectivity index (χ1) is 47.4. The van der Waals surface area contributed by atoms with Crippen molar-refractivity contribution < 1.29 is 85.8 Å². The molecule has 1 unspecified atom stereocenters. The number of carbonyl (C=O) groups excluding carboxylic acids is 10. The molecule has 0 amide bonds. The molecule has 0 saturated heterocycles. The number of unbranched alkanes of at least 4 members (excludes halogenated alkanes) is 2. The van der Waals surface area contributed by atoms with E-state index < -0.39 is 36.2 Å². The number of benzene rings is 5. The van der Waals surface area contributed by atoms with Crippen LogP contribution >= 0.6 is 0 Å². The van der Waals surface area contributed by atoms with Crippen LogP contribution in [0.3, 0.4) is 0 Å². The normalized spacial score (nSPS) is 11.1. The van der Waals surface area contributed by atoms with E-state index >= 15 is 0 Å². The highest BCUT2D eigenvalue weighted by molar-refractivity contribution is 5.82. The monoisotopic (exact) mass is 1360 g/mol. The van der Waals surface area contributed by atoms with Crippen molar-refractivity contribution >= 4 is 61.9 Å². The van der Waals surface area contributed by atoms with Crippen LogP contribution in [0.1, 0.15) is 179 Å². The minimum Gasteiger partial charge on any atom is -0.479 e. The summed E-state index contributed by atoms with van der Waals surface area (Å²) in [7, 11) is 0. The smallest absolute Gasteiger partial charge is 0.347 e. The molecule has 18 nitrogen and oxygen atoms in total. The summed E-state index contributed by atoms with van der Waals surface area (Å²) >= 11 is 0. The van der Waals surface area contributed by atoms with Crippen LogP contribution in [0.15, 0.2) is 165 Å².